The molecule has 0 unspecified atom stereocenters. The number of anilines is 2. The van der Waals surface area contributed by atoms with Crippen molar-refractivity contribution < 1.29 is 9.59 Å². The van der Waals surface area contributed by atoms with Crippen LogP contribution in [0.15, 0.2) is 120 Å². The number of hydrogen-bond donors (Lipinski definition) is 0. The summed E-state index contributed by atoms with van der Waals surface area (Å²) >= 11 is 18.0. The standard InChI is InChI=1S/C18H15ClN2O.C17H12Cl2N2O.CH4/c1-3-8-21-16-7-5-4-6-15(16)17(18(21)22)20-14-10-12(2)9-13(19)11-14;1-2-9-21-15-6-4-3-5-12(15)16(17(21)22)20-11-7-8-13(18)14(19)10-11;/h3-7,9-11H,1,8H2,2H3;2-8,10H,1,9H2;1H4. The lowest BCUT2D eigenvalue weighted by atomic mass is 10.1. The number of benzene rings is 4. The van der Waals surface area contributed by atoms with Crippen LogP contribution in [-0.4, -0.2) is 36.3 Å². The quantitative estimate of drug-likeness (QED) is 0.194. The molecule has 0 fully saturated rings. The number of carbonyl (C=O) groups excluding carboxylic acids is 2. The van der Waals surface area contributed by atoms with Gasteiger partial charge in [0, 0.05) is 29.2 Å². The van der Waals surface area contributed by atoms with Crippen molar-refractivity contribution in [3.63, 3.8) is 0 Å². The van der Waals surface area contributed by atoms with Crippen molar-refractivity contribution in [1.82, 2.24) is 0 Å². The van der Waals surface area contributed by atoms with Crippen molar-refractivity contribution in [1.29, 1.82) is 0 Å². The molecule has 0 aromatic heterocycles. The Bertz CT molecular complexity index is 1840. The smallest absolute Gasteiger partial charge is 0.277 e. The van der Waals surface area contributed by atoms with E-state index in [9.17, 15) is 9.59 Å². The summed E-state index contributed by atoms with van der Waals surface area (Å²) in [5, 5.41) is 1.48. The average Bonchev–Trinajstić information content (AvgIpc) is 3.41. The maximum absolute atomic E-state index is 12.6. The number of carbonyl (C=O) groups is 2. The number of amides is 2. The minimum atomic E-state index is -0.146. The van der Waals surface area contributed by atoms with E-state index in [4.69, 9.17) is 34.8 Å². The number of nitrogens with zero attached hydrogens (tertiary/aromatic N) is 4. The largest absolute Gasteiger partial charge is 0.303 e. The molecule has 0 atom stereocenters. The van der Waals surface area contributed by atoms with Crippen molar-refractivity contribution >= 4 is 80.8 Å². The number of para-hydroxylation sites is 2. The Morgan fingerprint density at radius 2 is 1.18 bits per heavy atom. The van der Waals surface area contributed by atoms with Gasteiger partial charge in [-0.3, -0.25) is 9.59 Å². The highest BCUT2D eigenvalue weighted by Gasteiger charge is 2.34. The lowest BCUT2D eigenvalue weighted by Gasteiger charge is -2.13. The van der Waals surface area contributed by atoms with Gasteiger partial charge >= 0.3 is 0 Å². The number of aliphatic imine (C=N–C) groups is 2. The number of fused-ring (bicyclic) bond motifs is 2. The summed E-state index contributed by atoms with van der Waals surface area (Å²) in [6.45, 7) is 10.3. The predicted molar refractivity (Wildman–Crippen MR) is 190 cm³/mol. The van der Waals surface area contributed by atoms with E-state index in [1.807, 2.05) is 67.6 Å². The molecule has 0 saturated heterocycles. The summed E-state index contributed by atoms with van der Waals surface area (Å²) in [5.41, 5.74) is 6.48. The van der Waals surface area contributed by atoms with Crippen LogP contribution in [0.2, 0.25) is 15.1 Å². The van der Waals surface area contributed by atoms with Crippen molar-refractivity contribution in [2.24, 2.45) is 9.98 Å². The van der Waals surface area contributed by atoms with Gasteiger partial charge in [0.05, 0.1) is 32.8 Å². The molecule has 4 aromatic carbocycles. The summed E-state index contributed by atoms with van der Waals surface area (Å²) in [5.74, 6) is -0.258. The normalized spacial score (nSPS) is 14.9. The molecule has 2 aliphatic rings. The second-order valence-electron chi connectivity index (χ2n) is 9.95. The third-order valence-electron chi connectivity index (χ3n) is 6.83. The molecule has 0 bridgehead atoms. The highest BCUT2D eigenvalue weighted by molar-refractivity contribution is 6.55. The Morgan fingerprint density at radius 1 is 0.667 bits per heavy atom. The Balaban J connectivity index is 0.000000200. The zero-order valence-electron chi connectivity index (χ0n) is 23.8. The minimum absolute atomic E-state index is 0. The Hall–Kier alpha value is -4.49. The molecule has 2 heterocycles. The molecule has 0 aliphatic carbocycles. The maximum Gasteiger partial charge on any atom is 0.277 e. The Labute approximate surface area is 278 Å². The van der Waals surface area contributed by atoms with Crippen LogP contribution in [-0.2, 0) is 9.59 Å². The molecule has 2 aliphatic heterocycles. The first-order valence-electron chi connectivity index (χ1n) is 13.7. The van der Waals surface area contributed by atoms with Crippen molar-refractivity contribution in [2.45, 2.75) is 14.4 Å². The highest BCUT2D eigenvalue weighted by Crippen LogP contribution is 2.33. The molecule has 4 aromatic rings. The van der Waals surface area contributed by atoms with Gasteiger partial charge in [-0.2, -0.15) is 0 Å². The number of aryl methyl sites for hydroxylation is 1. The second kappa shape index (κ2) is 14.5. The number of hydrogen-bond acceptors (Lipinski definition) is 4. The van der Waals surface area contributed by atoms with Gasteiger partial charge in [-0.05, 0) is 61.0 Å². The second-order valence-corrected chi connectivity index (χ2v) is 11.2. The molecule has 45 heavy (non-hydrogen) atoms. The molecule has 0 N–H and O–H groups in total. The fourth-order valence-electron chi connectivity index (χ4n) is 4.95. The first-order chi connectivity index (χ1) is 21.2. The van der Waals surface area contributed by atoms with Crippen LogP contribution >= 0.6 is 34.8 Å². The van der Waals surface area contributed by atoms with E-state index in [1.54, 1.807) is 46.2 Å². The van der Waals surface area contributed by atoms with Crippen LogP contribution in [0.4, 0.5) is 22.7 Å². The van der Waals surface area contributed by atoms with E-state index in [2.05, 4.69) is 23.1 Å². The van der Waals surface area contributed by atoms with Gasteiger partial charge in [0.2, 0.25) is 0 Å². The summed E-state index contributed by atoms with van der Waals surface area (Å²) < 4.78 is 0. The number of halogens is 3. The fraction of sp³-hybridized carbons (Fsp3) is 0.111. The zero-order valence-corrected chi connectivity index (χ0v) is 26.1. The summed E-state index contributed by atoms with van der Waals surface area (Å²) in [7, 11) is 0. The van der Waals surface area contributed by atoms with E-state index >= 15 is 0 Å². The van der Waals surface area contributed by atoms with Gasteiger partial charge in [0.25, 0.3) is 11.8 Å². The van der Waals surface area contributed by atoms with Crippen LogP contribution in [0.25, 0.3) is 0 Å². The predicted octanol–water partition coefficient (Wildman–Crippen LogP) is 9.58. The van der Waals surface area contributed by atoms with Gasteiger partial charge in [-0.25, -0.2) is 9.98 Å². The van der Waals surface area contributed by atoms with Crippen LogP contribution in [0, 0.1) is 6.92 Å². The van der Waals surface area contributed by atoms with Crippen LogP contribution in [0.5, 0.6) is 0 Å². The fourth-order valence-corrected chi connectivity index (χ4v) is 5.53. The topological polar surface area (TPSA) is 65.3 Å². The minimum Gasteiger partial charge on any atom is -0.303 e. The Morgan fingerprint density at radius 3 is 1.67 bits per heavy atom. The molecule has 9 heteroatoms. The average molecular weight is 658 g/mol. The van der Waals surface area contributed by atoms with Crippen LogP contribution in [0.3, 0.4) is 0 Å². The molecule has 228 valence electrons. The first kappa shape index (κ1) is 33.4. The summed E-state index contributed by atoms with van der Waals surface area (Å²) in [6.07, 6.45) is 3.40. The maximum atomic E-state index is 12.6. The van der Waals surface area contributed by atoms with Gasteiger partial charge in [0.15, 0.2) is 0 Å². The molecule has 0 saturated carbocycles. The van der Waals surface area contributed by atoms with Crippen LogP contribution < -0.4 is 9.80 Å². The lowest BCUT2D eigenvalue weighted by molar-refractivity contribution is -0.112. The molecular weight excluding hydrogens is 627 g/mol. The monoisotopic (exact) mass is 656 g/mol. The third kappa shape index (κ3) is 7.10. The summed E-state index contributed by atoms with van der Waals surface area (Å²) in [4.78, 5) is 37.6. The number of rotatable bonds is 6. The third-order valence-corrected chi connectivity index (χ3v) is 7.79. The Kier molecular flexibility index (Phi) is 10.8. The SMILES string of the molecule is C.C=CCN1C(=O)C(=Nc2cc(C)cc(Cl)c2)c2ccccc21.C=CCN1C(=O)C(=Nc2ccc(Cl)c(Cl)c2)c2ccccc21. The summed E-state index contributed by atoms with van der Waals surface area (Å²) in [6, 6.07) is 25.8. The molecule has 6 rings (SSSR count). The van der Waals surface area contributed by atoms with Crippen molar-refractivity contribution in [3.8, 4) is 0 Å². The molecule has 2 amide bonds. The first-order valence-corrected chi connectivity index (χ1v) is 14.8. The van der Waals surface area contributed by atoms with E-state index in [-0.39, 0.29) is 19.2 Å². The van der Waals surface area contributed by atoms with Crippen molar-refractivity contribution in [3.05, 3.63) is 142 Å². The van der Waals surface area contributed by atoms with E-state index in [1.165, 1.54) is 0 Å². The highest BCUT2D eigenvalue weighted by atomic mass is 35.5. The van der Waals surface area contributed by atoms with Gasteiger partial charge < -0.3 is 9.80 Å². The molecular formula is C36H31Cl3N4O2. The molecule has 0 radical (unpaired) electrons. The van der Waals surface area contributed by atoms with Gasteiger partial charge in [-0.1, -0.05) is 90.8 Å². The van der Waals surface area contributed by atoms with Crippen LogP contribution in [0.1, 0.15) is 24.1 Å². The molecule has 6 nitrogen and oxygen atoms in total. The van der Waals surface area contributed by atoms with Crippen molar-refractivity contribution in [2.75, 3.05) is 22.9 Å². The van der Waals surface area contributed by atoms with E-state index < -0.39 is 0 Å². The van der Waals surface area contributed by atoms with Gasteiger partial charge in [0.1, 0.15) is 11.4 Å². The van der Waals surface area contributed by atoms with Gasteiger partial charge in [-0.15, -0.1) is 13.2 Å². The van der Waals surface area contributed by atoms with E-state index in [0.29, 0.717) is 51.0 Å². The zero-order chi connectivity index (χ0) is 31.4. The lowest BCUT2D eigenvalue weighted by Crippen LogP contribution is -2.30. The molecule has 0 spiro atoms. The van der Waals surface area contributed by atoms with E-state index in [0.717, 1.165) is 28.1 Å².